The molecule has 0 aromatic carbocycles. The third-order valence-corrected chi connectivity index (χ3v) is 6.91. The van der Waals surface area contributed by atoms with Crippen molar-refractivity contribution in [2.45, 2.75) is 43.9 Å². The van der Waals surface area contributed by atoms with Crippen LogP contribution in [-0.2, 0) is 20.3 Å². The van der Waals surface area contributed by atoms with Gasteiger partial charge in [-0.25, -0.2) is 18.4 Å². The van der Waals surface area contributed by atoms with Crippen LogP contribution in [0.3, 0.4) is 0 Å². The SMILES string of the molecule is CO[C@H](c1ncc(Cl)cn1)[C@H](C)S(=O)(=O)Cc1nnc(-c2cccnc2)n1C(C)C. The number of hydrogen-bond acceptors (Lipinski definition) is 8. The lowest BCUT2D eigenvalue weighted by Crippen LogP contribution is -2.30. The van der Waals surface area contributed by atoms with Crippen molar-refractivity contribution in [3.8, 4) is 11.4 Å². The van der Waals surface area contributed by atoms with Gasteiger partial charge in [0.25, 0.3) is 0 Å². The zero-order valence-corrected chi connectivity index (χ0v) is 18.7. The van der Waals surface area contributed by atoms with E-state index in [0.717, 1.165) is 5.56 Å². The zero-order chi connectivity index (χ0) is 21.9. The van der Waals surface area contributed by atoms with Crippen LogP contribution in [0.1, 0.15) is 44.6 Å². The summed E-state index contributed by atoms with van der Waals surface area (Å²) in [6, 6.07) is 3.60. The van der Waals surface area contributed by atoms with E-state index in [1.165, 1.54) is 19.5 Å². The highest BCUT2D eigenvalue weighted by atomic mass is 35.5. The molecule has 160 valence electrons. The maximum absolute atomic E-state index is 13.2. The minimum absolute atomic E-state index is 0.0477. The van der Waals surface area contributed by atoms with E-state index in [1.807, 2.05) is 24.5 Å². The maximum atomic E-state index is 13.2. The number of rotatable bonds is 8. The van der Waals surface area contributed by atoms with E-state index in [2.05, 4.69) is 25.1 Å². The fourth-order valence-electron chi connectivity index (χ4n) is 3.13. The third-order valence-electron chi connectivity index (χ3n) is 4.67. The summed E-state index contributed by atoms with van der Waals surface area (Å²) in [6.45, 7) is 5.46. The second kappa shape index (κ2) is 9.15. The molecule has 0 N–H and O–H groups in total. The predicted molar refractivity (Wildman–Crippen MR) is 113 cm³/mol. The van der Waals surface area contributed by atoms with Gasteiger partial charge in [-0.05, 0) is 32.9 Å². The van der Waals surface area contributed by atoms with Crippen LogP contribution in [0.2, 0.25) is 5.02 Å². The van der Waals surface area contributed by atoms with Crippen molar-refractivity contribution < 1.29 is 13.2 Å². The van der Waals surface area contributed by atoms with Crippen molar-refractivity contribution in [1.82, 2.24) is 29.7 Å². The Balaban J connectivity index is 1.92. The van der Waals surface area contributed by atoms with Gasteiger partial charge in [-0.3, -0.25) is 4.98 Å². The Morgan fingerprint density at radius 1 is 1.13 bits per heavy atom. The van der Waals surface area contributed by atoms with Crippen molar-refractivity contribution in [2.75, 3.05) is 7.11 Å². The number of nitrogens with zero attached hydrogens (tertiary/aromatic N) is 6. The maximum Gasteiger partial charge on any atom is 0.165 e. The lowest BCUT2D eigenvalue weighted by atomic mass is 10.2. The molecule has 9 nitrogen and oxygen atoms in total. The fraction of sp³-hybridized carbons (Fsp3) is 0.421. The quantitative estimate of drug-likeness (QED) is 0.514. The molecular weight excluding hydrogens is 428 g/mol. The number of methoxy groups -OCH3 is 1. The van der Waals surface area contributed by atoms with Gasteiger partial charge in [-0.1, -0.05) is 11.6 Å². The Bertz CT molecular complexity index is 1090. The fourth-order valence-corrected chi connectivity index (χ4v) is 4.66. The summed E-state index contributed by atoms with van der Waals surface area (Å²) >= 11 is 5.83. The Hall–Kier alpha value is -2.43. The number of aromatic nitrogens is 6. The molecule has 2 atom stereocenters. The van der Waals surface area contributed by atoms with Crippen LogP contribution in [0.25, 0.3) is 11.4 Å². The van der Waals surface area contributed by atoms with Gasteiger partial charge >= 0.3 is 0 Å². The van der Waals surface area contributed by atoms with Crippen molar-refractivity contribution in [1.29, 1.82) is 0 Å². The molecule has 0 aliphatic carbocycles. The van der Waals surface area contributed by atoms with Crippen molar-refractivity contribution in [3.05, 3.63) is 53.6 Å². The Morgan fingerprint density at radius 2 is 1.83 bits per heavy atom. The van der Waals surface area contributed by atoms with Crippen molar-refractivity contribution in [2.24, 2.45) is 0 Å². The average molecular weight is 451 g/mol. The van der Waals surface area contributed by atoms with E-state index in [4.69, 9.17) is 16.3 Å². The zero-order valence-electron chi connectivity index (χ0n) is 17.1. The summed E-state index contributed by atoms with van der Waals surface area (Å²) in [4.78, 5) is 12.3. The molecule has 0 radical (unpaired) electrons. The van der Waals surface area contributed by atoms with E-state index in [9.17, 15) is 8.42 Å². The molecule has 3 aromatic rings. The smallest absolute Gasteiger partial charge is 0.165 e. The first-order valence-corrected chi connectivity index (χ1v) is 11.4. The molecule has 0 spiro atoms. The second-order valence-electron chi connectivity index (χ2n) is 7.07. The number of ether oxygens (including phenoxy) is 1. The lowest BCUT2D eigenvalue weighted by Gasteiger charge is -2.22. The monoisotopic (exact) mass is 450 g/mol. The summed E-state index contributed by atoms with van der Waals surface area (Å²) in [7, 11) is -2.26. The normalized spacial score (nSPS) is 14.1. The summed E-state index contributed by atoms with van der Waals surface area (Å²) in [6.07, 6.45) is 5.30. The molecule has 0 aliphatic rings. The van der Waals surface area contributed by atoms with Crippen molar-refractivity contribution >= 4 is 21.4 Å². The molecular formula is C19H23ClN6O3S. The summed E-state index contributed by atoms with van der Waals surface area (Å²) in [5.74, 6) is 0.870. The van der Waals surface area contributed by atoms with Gasteiger partial charge < -0.3 is 9.30 Å². The lowest BCUT2D eigenvalue weighted by molar-refractivity contribution is 0.0948. The summed E-state index contributed by atoms with van der Waals surface area (Å²) in [5.41, 5.74) is 0.764. The number of halogens is 1. The second-order valence-corrected chi connectivity index (χ2v) is 9.87. The molecule has 0 saturated heterocycles. The van der Waals surface area contributed by atoms with Crippen LogP contribution in [-0.4, -0.2) is 50.5 Å². The Morgan fingerprint density at radius 3 is 2.40 bits per heavy atom. The first-order chi connectivity index (χ1) is 14.2. The molecule has 0 aliphatic heterocycles. The number of sulfone groups is 1. The van der Waals surface area contributed by atoms with Crippen LogP contribution < -0.4 is 0 Å². The molecule has 0 amide bonds. The standard InChI is InChI=1S/C19H23ClN6O3S/c1-12(2)26-16(24-25-19(26)14-6-5-7-21-8-14)11-30(27,28)13(3)17(29-4)18-22-9-15(20)10-23-18/h5-10,12-13,17H,11H2,1-4H3/t13-,17-/m0/s1. The van der Waals surface area contributed by atoms with E-state index in [0.29, 0.717) is 16.7 Å². The molecule has 0 bridgehead atoms. The highest BCUT2D eigenvalue weighted by molar-refractivity contribution is 7.91. The van der Waals surface area contributed by atoms with Gasteiger partial charge in [0.1, 0.15) is 17.7 Å². The minimum Gasteiger partial charge on any atom is -0.372 e. The van der Waals surface area contributed by atoms with E-state index in [1.54, 1.807) is 25.4 Å². The largest absolute Gasteiger partial charge is 0.372 e. The van der Waals surface area contributed by atoms with Gasteiger partial charge in [-0.15, -0.1) is 10.2 Å². The van der Waals surface area contributed by atoms with E-state index >= 15 is 0 Å². The molecule has 0 fully saturated rings. The number of pyridine rings is 1. The van der Waals surface area contributed by atoms with Crippen molar-refractivity contribution in [3.63, 3.8) is 0 Å². The number of hydrogen-bond donors (Lipinski definition) is 0. The van der Waals surface area contributed by atoms with Gasteiger partial charge in [0.15, 0.2) is 21.5 Å². The Kier molecular flexibility index (Phi) is 6.79. The van der Waals surface area contributed by atoms with Crippen LogP contribution in [0, 0.1) is 0 Å². The van der Waals surface area contributed by atoms with Gasteiger partial charge in [0, 0.05) is 43.5 Å². The molecule has 3 aromatic heterocycles. The van der Waals surface area contributed by atoms with Gasteiger partial charge in [0.05, 0.1) is 10.3 Å². The molecule has 0 saturated carbocycles. The first kappa shape index (κ1) is 22.3. The first-order valence-electron chi connectivity index (χ1n) is 9.30. The Labute approximate surface area is 180 Å². The molecule has 11 heteroatoms. The predicted octanol–water partition coefficient (Wildman–Crippen LogP) is 3.06. The van der Waals surface area contributed by atoms with Crippen LogP contribution in [0.4, 0.5) is 0 Å². The van der Waals surface area contributed by atoms with E-state index < -0.39 is 21.2 Å². The summed E-state index contributed by atoms with van der Waals surface area (Å²) in [5, 5.41) is 7.83. The van der Waals surface area contributed by atoms with Crippen LogP contribution >= 0.6 is 11.6 Å². The molecule has 3 rings (SSSR count). The molecule has 3 heterocycles. The third kappa shape index (κ3) is 4.66. The minimum atomic E-state index is -3.68. The highest BCUT2D eigenvalue weighted by Crippen LogP contribution is 2.28. The van der Waals surface area contributed by atoms with Gasteiger partial charge in [-0.2, -0.15) is 0 Å². The van der Waals surface area contributed by atoms with Crippen LogP contribution in [0.5, 0.6) is 0 Å². The van der Waals surface area contributed by atoms with E-state index in [-0.39, 0.29) is 17.6 Å². The van der Waals surface area contributed by atoms with Crippen LogP contribution in [0.15, 0.2) is 36.9 Å². The summed E-state index contributed by atoms with van der Waals surface area (Å²) < 4.78 is 33.6. The highest BCUT2D eigenvalue weighted by Gasteiger charge is 2.34. The topological polar surface area (TPSA) is 113 Å². The molecule has 0 unspecified atom stereocenters. The average Bonchev–Trinajstić information content (AvgIpc) is 3.13. The van der Waals surface area contributed by atoms with Gasteiger partial charge in [0.2, 0.25) is 0 Å². The molecule has 30 heavy (non-hydrogen) atoms.